The number of hydrogen-bond donors (Lipinski definition) is 1. The van der Waals surface area contributed by atoms with Crippen LogP contribution in [0.15, 0.2) is 0 Å². The van der Waals surface area contributed by atoms with E-state index in [1.54, 1.807) is 0 Å². The lowest BCUT2D eigenvalue weighted by Gasteiger charge is -2.31. The highest BCUT2D eigenvalue weighted by molar-refractivity contribution is 4.84. The summed E-state index contributed by atoms with van der Waals surface area (Å²) in [5.41, 5.74) is 0. The molecular weight excluding hydrogens is 198 g/mol. The van der Waals surface area contributed by atoms with E-state index in [-0.39, 0.29) is 0 Å². The quantitative estimate of drug-likeness (QED) is 0.748. The Morgan fingerprint density at radius 2 is 2.19 bits per heavy atom. The summed E-state index contributed by atoms with van der Waals surface area (Å²) in [6, 6.07) is 3.31. The van der Waals surface area contributed by atoms with E-state index < -0.39 is 0 Å². The summed E-state index contributed by atoms with van der Waals surface area (Å²) in [6.45, 7) is 10.0. The van der Waals surface area contributed by atoms with Gasteiger partial charge in [-0.15, -0.1) is 0 Å². The predicted octanol–water partition coefficient (Wildman–Crippen LogP) is 2.00. The van der Waals surface area contributed by atoms with E-state index in [0.717, 1.165) is 19.6 Å². The van der Waals surface area contributed by atoms with Gasteiger partial charge in [0.2, 0.25) is 0 Å². The van der Waals surface area contributed by atoms with Crippen LogP contribution in [0, 0.1) is 17.2 Å². The van der Waals surface area contributed by atoms with E-state index in [9.17, 15) is 0 Å². The van der Waals surface area contributed by atoms with Crippen molar-refractivity contribution in [3.8, 4) is 6.07 Å². The molecule has 0 bridgehead atoms. The fraction of sp³-hybridized carbons (Fsp3) is 0.923. The maximum absolute atomic E-state index is 8.79. The van der Waals surface area contributed by atoms with E-state index in [2.05, 4.69) is 37.1 Å². The van der Waals surface area contributed by atoms with Gasteiger partial charge in [0.1, 0.15) is 0 Å². The first-order chi connectivity index (χ1) is 7.63. The van der Waals surface area contributed by atoms with Gasteiger partial charge >= 0.3 is 0 Å². The van der Waals surface area contributed by atoms with E-state index in [0.29, 0.717) is 24.4 Å². The molecule has 1 aliphatic rings. The van der Waals surface area contributed by atoms with Gasteiger partial charge in [-0.3, -0.25) is 4.90 Å². The molecule has 1 aliphatic heterocycles. The van der Waals surface area contributed by atoms with Crippen LogP contribution >= 0.6 is 0 Å². The minimum absolute atomic E-state index is 0.384. The maximum Gasteiger partial charge on any atom is 0.0638 e. The summed E-state index contributed by atoms with van der Waals surface area (Å²) in [6.07, 6.45) is 3.22. The summed E-state index contributed by atoms with van der Waals surface area (Å²) in [4.78, 5) is 2.47. The van der Waals surface area contributed by atoms with Crippen LogP contribution in [0.25, 0.3) is 0 Å². The summed E-state index contributed by atoms with van der Waals surface area (Å²) < 4.78 is 0. The number of nitrogens with one attached hydrogen (secondary N) is 1. The van der Waals surface area contributed by atoms with Gasteiger partial charge < -0.3 is 5.32 Å². The normalized spacial score (nSPS) is 22.6. The highest BCUT2D eigenvalue weighted by Gasteiger charge is 2.21. The molecule has 3 heteroatoms. The summed E-state index contributed by atoms with van der Waals surface area (Å²) in [5.74, 6) is 0.669. The van der Waals surface area contributed by atoms with Crippen molar-refractivity contribution in [2.45, 2.75) is 52.1 Å². The molecular formula is C13H25N3. The molecule has 0 radical (unpaired) electrons. The molecule has 92 valence electrons. The van der Waals surface area contributed by atoms with Crippen molar-refractivity contribution in [2.24, 2.45) is 5.92 Å². The van der Waals surface area contributed by atoms with Gasteiger partial charge in [-0.05, 0) is 32.2 Å². The van der Waals surface area contributed by atoms with Crippen molar-refractivity contribution >= 4 is 0 Å². The van der Waals surface area contributed by atoms with Gasteiger partial charge in [0.05, 0.1) is 12.5 Å². The molecule has 0 aromatic rings. The molecule has 1 rings (SSSR count). The Labute approximate surface area is 99.8 Å². The lowest BCUT2D eigenvalue weighted by molar-refractivity contribution is 0.172. The molecule has 0 aromatic carbocycles. The van der Waals surface area contributed by atoms with Crippen molar-refractivity contribution in [1.29, 1.82) is 5.26 Å². The van der Waals surface area contributed by atoms with Crippen LogP contribution in [0.3, 0.4) is 0 Å². The number of nitrogens with zero attached hydrogens (tertiary/aromatic N) is 2. The first kappa shape index (κ1) is 13.5. The third-order valence-corrected chi connectivity index (χ3v) is 3.23. The van der Waals surface area contributed by atoms with Crippen LogP contribution in [0.5, 0.6) is 0 Å². The van der Waals surface area contributed by atoms with Gasteiger partial charge in [0, 0.05) is 25.2 Å². The van der Waals surface area contributed by atoms with E-state index in [4.69, 9.17) is 5.26 Å². The fourth-order valence-corrected chi connectivity index (χ4v) is 2.36. The SMILES string of the molecule is CC(C)CN(CC1CCCN1)C(C)CC#N. The molecule has 2 unspecified atom stereocenters. The Morgan fingerprint density at radius 3 is 2.69 bits per heavy atom. The van der Waals surface area contributed by atoms with Crippen LogP contribution in [0.2, 0.25) is 0 Å². The standard InChI is InChI=1S/C13H25N3/c1-11(2)9-16(12(3)6-7-14)10-13-5-4-8-15-13/h11-13,15H,4-6,8-10H2,1-3H3. The smallest absolute Gasteiger partial charge is 0.0638 e. The molecule has 1 N–H and O–H groups in total. The number of rotatable bonds is 6. The highest BCUT2D eigenvalue weighted by Crippen LogP contribution is 2.12. The number of hydrogen-bond acceptors (Lipinski definition) is 3. The monoisotopic (exact) mass is 223 g/mol. The molecule has 16 heavy (non-hydrogen) atoms. The predicted molar refractivity (Wildman–Crippen MR) is 67.1 cm³/mol. The van der Waals surface area contributed by atoms with Gasteiger partial charge in [-0.25, -0.2) is 0 Å². The van der Waals surface area contributed by atoms with Crippen LogP contribution < -0.4 is 5.32 Å². The summed E-state index contributed by atoms with van der Waals surface area (Å²) in [5, 5.41) is 12.3. The molecule has 3 nitrogen and oxygen atoms in total. The second kappa shape index (κ2) is 6.88. The molecule has 1 heterocycles. The van der Waals surface area contributed by atoms with E-state index in [1.807, 2.05) is 0 Å². The Kier molecular flexibility index (Phi) is 5.79. The molecule has 0 saturated carbocycles. The lowest BCUT2D eigenvalue weighted by Crippen LogP contribution is -2.43. The van der Waals surface area contributed by atoms with Crippen molar-refractivity contribution in [2.75, 3.05) is 19.6 Å². The Balaban J connectivity index is 2.45. The van der Waals surface area contributed by atoms with Crippen molar-refractivity contribution in [1.82, 2.24) is 10.2 Å². The molecule has 1 saturated heterocycles. The van der Waals surface area contributed by atoms with Crippen LogP contribution in [-0.2, 0) is 0 Å². The average molecular weight is 223 g/mol. The minimum Gasteiger partial charge on any atom is -0.313 e. The minimum atomic E-state index is 0.384. The Morgan fingerprint density at radius 1 is 1.44 bits per heavy atom. The van der Waals surface area contributed by atoms with Crippen molar-refractivity contribution in [3.05, 3.63) is 0 Å². The first-order valence-corrected chi connectivity index (χ1v) is 6.48. The summed E-state index contributed by atoms with van der Waals surface area (Å²) >= 11 is 0. The van der Waals surface area contributed by atoms with Gasteiger partial charge in [0.15, 0.2) is 0 Å². The summed E-state index contributed by atoms with van der Waals surface area (Å²) in [7, 11) is 0. The molecule has 1 fully saturated rings. The van der Waals surface area contributed by atoms with E-state index >= 15 is 0 Å². The van der Waals surface area contributed by atoms with E-state index in [1.165, 1.54) is 12.8 Å². The zero-order chi connectivity index (χ0) is 12.0. The first-order valence-electron chi connectivity index (χ1n) is 6.48. The third-order valence-electron chi connectivity index (χ3n) is 3.23. The zero-order valence-corrected chi connectivity index (χ0v) is 10.9. The Bertz CT molecular complexity index is 226. The average Bonchev–Trinajstić information content (AvgIpc) is 2.69. The Hall–Kier alpha value is -0.590. The van der Waals surface area contributed by atoms with Gasteiger partial charge in [-0.2, -0.15) is 5.26 Å². The van der Waals surface area contributed by atoms with Crippen LogP contribution in [0.4, 0.5) is 0 Å². The molecule has 0 spiro atoms. The van der Waals surface area contributed by atoms with Crippen molar-refractivity contribution in [3.63, 3.8) is 0 Å². The second-order valence-electron chi connectivity index (χ2n) is 5.35. The maximum atomic E-state index is 8.79. The number of nitriles is 1. The van der Waals surface area contributed by atoms with Gasteiger partial charge in [0.25, 0.3) is 0 Å². The van der Waals surface area contributed by atoms with Crippen molar-refractivity contribution < 1.29 is 0 Å². The lowest BCUT2D eigenvalue weighted by atomic mass is 10.1. The third kappa shape index (κ3) is 4.51. The molecule has 0 amide bonds. The van der Waals surface area contributed by atoms with Crippen LogP contribution in [0.1, 0.15) is 40.0 Å². The second-order valence-corrected chi connectivity index (χ2v) is 5.35. The zero-order valence-electron chi connectivity index (χ0n) is 10.9. The molecule has 0 aliphatic carbocycles. The topological polar surface area (TPSA) is 39.1 Å². The van der Waals surface area contributed by atoms with Crippen LogP contribution in [-0.4, -0.2) is 36.6 Å². The molecule has 2 atom stereocenters. The van der Waals surface area contributed by atoms with Gasteiger partial charge in [-0.1, -0.05) is 13.8 Å². The fourth-order valence-electron chi connectivity index (χ4n) is 2.36. The highest BCUT2D eigenvalue weighted by atomic mass is 15.2. The molecule has 0 aromatic heterocycles. The largest absolute Gasteiger partial charge is 0.313 e.